The number of aromatic nitrogens is 2. The zero-order valence-electron chi connectivity index (χ0n) is 34.7. The van der Waals surface area contributed by atoms with E-state index in [1.807, 2.05) is 18.2 Å². The largest absolute Gasteiger partial charge is 0.489 e. The molecule has 0 radical (unpaired) electrons. The molecular weight excluding hydrogens is 851 g/mol. The third kappa shape index (κ3) is 9.89. The van der Waals surface area contributed by atoms with Gasteiger partial charge in [-0.1, -0.05) is 60.8 Å². The Hall–Kier alpha value is -5.13. The predicted octanol–water partition coefficient (Wildman–Crippen LogP) is 10.4. The van der Waals surface area contributed by atoms with Crippen LogP contribution < -0.4 is 19.1 Å². The van der Waals surface area contributed by atoms with Gasteiger partial charge in [-0.25, -0.2) is 17.5 Å². The van der Waals surface area contributed by atoms with E-state index >= 15 is 4.39 Å². The number of rotatable bonds is 12. The van der Waals surface area contributed by atoms with Gasteiger partial charge in [0.2, 0.25) is 0 Å². The van der Waals surface area contributed by atoms with E-state index in [1.54, 1.807) is 36.5 Å². The van der Waals surface area contributed by atoms with Gasteiger partial charge in [-0.2, -0.15) is 10.4 Å². The van der Waals surface area contributed by atoms with Crippen molar-refractivity contribution in [3.8, 4) is 23.3 Å². The number of allylic oxidation sites excluding steroid dienone is 1. The SMILES string of the molecule is CC1(C)CCC(CN2CCN(c3ccc(C(=O)NS(=O)(=O)c4ccc(OC[C@]5(F)CC[C@@H](C#N)CC5)c(Cl)c4)c(Oc4cccc5[nH]ncc45)c3)CC2)=C(c2ccc(Cl)cc2)C1. The monoisotopic (exact) mass is 898 g/mol. The number of benzene rings is 4. The van der Waals surface area contributed by atoms with Crippen LogP contribution in [-0.2, 0) is 10.0 Å². The first-order chi connectivity index (χ1) is 29.7. The Morgan fingerprint density at radius 2 is 1.73 bits per heavy atom. The summed E-state index contributed by atoms with van der Waals surface area (Å²) in [6, 6.07) is 24.7. The molecule has 2 aliphatic carbocycles. The third-order valence-electron chi connectivity index (χ3n) is 12.4. The van der Waals surface area contributed by atoms with Gasteiger partial charge < -0.3 is 14.4 Å². The maximum Gasteiger partial charge on any atom is 0.268 e. The molecule has 2 fully saturated rings. The predicted molar refractivity (Wildman–Crippen MR) is 240 cm³/mol. The number of fused-ring (bicyclic) bond motifs is 1. The Morgan fingerprint density at radius 3 is 2.45 bits per heavy atom. The molecule has 4 aromatic carbocycles. The van der Waals surface area contributed by atoms with Crippen molar-refractivity contribution >= 4 is 61.3 Å². The first kappa shape index (κ1) is 43.5. The number of halogens is 3. The fourth-order valence-corrected chi connectivity index (χ4v) is 10.1. The summed E-state index contributed by atoms with van der Waals surface area (Å²) in [5, 5.41) is 17.6. The number of nitriles is 1. The van der Waals surface area contributed by atoms with Crippen molar-refractivity contribution in [3.05, 3.63) is 112 Å². The van der Waals surface area contributed by atoms with Crippen LogP contribution in [0.3, 0.4) is 0 Å². The molecule has 5 aromatic rings. The van der Waals surface area contributed by atoms with Gasteiger partial charge in [-0.15, -0.1) is 0 Å². The molecule has 62 heavy (non-hydrogen) atoms. The summed E-state index contributed by atoms with van der Waals surface area (Å²) in [6.07, 6.45) is 6.09. The number of carbonyl (C=O) groups excluding carboxylic acids is 1. The number of hydrogen-bond donors (Lipinski definition) is 2. The number of hydrogen-bond acceptors (Lipinski definition) is 9. The lowest BCUT2D eigenvalue weighted by Gasteiger charge is -2.39. The summed E-state index contributed by atoms with van der Waals surface area (Å²) in [7, 11) is -4.44. The summed E-state index contributed by atoms with van der Waals surface area (Å²) in [5.41, 5.74) is 4.30. The van der Waals surface area contributed by atoms with Crippen molar-refractivity contribution in [2.75, 3.05) is 44.2 Å². The van der Waals surface area contributed by atoms with Crippen LogP contribution in [0.4, 0.5) is 10.1 Å². The summed E-state index contributed by atoms with van der Waals surface area (Å²) < 4.78 is 57.0. The van der Waals surface area contributed by atoms with Crippen LogP contribution in [0.15, 0.2) is 95.5 Å². The molecule has 2 heterocycles. The van der Waals surface area contributed by atoms with Gasteiger partial charge in [-0.3, -0.25) is 14.8 Å². The zero-order chi connectivity index (χ0) is 43.6. The number of anilines is 1. The number of amides is 1. The molecule has 1 saturated heterocycles. The fourth-order valence-electron chi connectivity index (χ4n) is 8.64. The van der Waals surface area contributed by atoms with Crippen molar-refractivity contribution in [1.82, 2.24) is 19.8 Å². The van der Waals surface area contributed by atoms with Crippen LogP contribution in [-0.4, -0.2) is 74.4 Å². The molecule has 11 nitrogen and oxygen atoms in total. The van der Waals surface area contributed by atoms with Crippen LogP contribution >= 0.6 is 23.2 Å². The van der Waals surface area contributed by atoms with E-state index in [9.17, 15) is 13.2 Å². The molecule has 0 spiro atoms. The van der Waals surface area contributed by atoms with Crippen LogP contribution in [0.25, 0.3) is 16.5 Å². The van der Waals surface area contributed by atoms with Crippen molar-refractivity contribution in [3.63, 3.8) is 0 Å². The van der Waals surface area contributed by atoms with Gasteiger partial charge >= 0.3 is 0 Å². The molecule has 324 valence electrons. The van der Waals surface area contributed by atoms with E-state index in [4.69, 9.17) is 37.9 Å². The van der Waals surface area contributed by atoms with E-state index in [1.165, 1.54) is 28.8 Å². The number of carbonyl (C=O) groups is 1. The molecule has 1 aliphatic heterocycles. The summed E-state index contributed by atoms with van der Waals surface area (Å²) >= 11 is 12.7. The lowest BCUT2D eigenvalue weighted by atomic mass is 9.72. The van der Waals surface area contributed by atoms with E-state index in [0.717, 1.165) is 74.3 Å². The Labute approximate surface area is 371 Å². The number of alkyl halides is 1. The number of piperazine rings is 1. The van der Waals surface area contributed by atoms with E-state index in [-0.39, 0.29) is 57.8 Å². The average molecular weight is 900 g/mol. The van der Waals surface area contributed by atoms with Gasteiger partial charge in [0.15, 0.2) is 0 Å². The van der Waals surface area contributed by atoms with Crippen LogP contribution in [0.1, 0.15) is 74.7 Å². The lowest BCUT2D eigenvalue weighted by Crippen LogP contribution is -2.47. The van der Waals surface area contributed by atoms with E-state index in [0.29, 0.717) is 24.0 Å². The second-order valence-corrected chi connectivity index (χ2v) is 20.0. The highest BCUT2D eigenvalue weighted by atomic mass is 35.5. The maximum atomic E-state index is 15.4. The highest BCUT2D eigenvalue weighted by molar-refractivity contribution is 7.90. The summed E-state index contributed by atoms with van der Waals surface area (Å²) in [4.78, 5) is 18.4. The number of H-pyrrole nitrogens is 1. The normalized spacial score (nSPS) is 20.8. The Balaban J connectivity index is 0.983. The smallest absolute Gasteiger partial charge is 0.268 e. The number of sulfonamides is 1. The highest BCUT2D eigenvalue weighted by Crippen LogP contribution is 2.44. The van der Waals surface area contributed by atoms with Gasteiger partial charge in [0, 0.05) is 55.4 Å². The second-order valence-electron chi connectivity index (χ2n) is 17.4. The van der Waals surface area contributed by atoms with E-state index in [2.05, 4.69) is 56.8 Å². The second kappa shape index (κ2) is 17.9. The summed E-state index contributed by atoms with van der Waals surface area (Å²) in [6.45, 7) is 8.41. The Morgan fingerprint density at radius 1 is 0.968 bits per heavy atom. The maximum absolute atomic E-state index is 15.4. The van der Waals surface area contributed by atoms with Gasteiger partial charge in [-0.05, 0) is 116 Å². The molecule has 0 unspecified atom stereocenters. The van der Waals surface area contributed by atoms with Crippen LogP contribution in [0, 0.1) is 22.7 Å². The quantitative estimate of drug-likeness (QED) is 0.125. The first-order valence-corrected chi connectivity index (χ1v) is 23.2. The van der Waals surface area contributed by atoms with Crippen molar-refractivity contribution in [2.45, 2.75) is 69.4 Å². The average Bonchev–Trinajstić information content (AvgIpc) is 3.75. The molecule has 1 saturated carbocycles. The number of nitrogens with zero attached hydrogens (tertiary/aromatic N) is 4. The van der Waals surface area contributed by atoms with Crippen molar-refractivity contribution in [2.24, 2.45) is 11.3 Å². The minimum atomic E-state index is -4.44. The lowest BCUT2D eigenvalue weighted by molar-refractivity contribution is 0.0395. The molecule has 8 rings (SSSR count). The zero-order valence-corrected chi connectivity index (χ0v) is 37.1. The number of ether oxygens (including phenoxy) is 2. The van der Waals surface area contributed by atoms with Crippen molar-refractivity contribution in [1.29, 1.82) is 5.26 Å². The molecular formula is C47H49Cl2FN6O5S. The standard InChI is InChI=1S/C47H49Cl2FN6O5S/c1-46(2)17-16-33(38(26-46)32-6-8-34(48)9-7-32)29-55-20-22-56(23-21-55)35-10-12-37(44(24-35)61-42-5-3-4-41-39(42)28-52-53-41)45(57)54-62(58,59)36-11-13-43(40(49)25-36)60-30-47(50)18-14-31(27-51)15-19-47/h3-13,24-25,28,31H,14-23,26,29-30H2,1-2H3,(H,52,53)(H,54,57)/t31-,47+. The molecule has 0 atom stereocenters. The highest BCUT2D eigenvalue weighted by Gasteiger charge is 2.37. The number of aromatic amines is 1. The minimum Gasteiger partial charge on any atom is -0.489 e. The number of nitrogens with one attached hydrogen (secondary N) is 2. The fraction of sp³-hybridized carbons (Fsp3) is 0.383. The third-order valence-corrected chi connectivity index (χ3v) is 14.3. The van der Waals surface area contributed by atoms with Crippen LogP contribution in [0.2, 0.25) is 10.0 Å². The van der Waals surface area contributed by atoms with Gasteiger partial charge in [0.05, 0.1) is 38.7 Å². The molecule has 1 amide bonds. The van der Waals surface area contributed by atoms with Crippen LogP contribution in [0.5, 0.6) is 17.2 Å². The molecule has 3 aliphatic rings. The Bertz CT molecular complexity index is 2650. The van der Waals surface area contributed by atoms with Gasteiger partial charge in [0.25, 0.3) is 15.9 Å². The molecule has 1 aromatic heterocycles. The summed E-state index contributed by atoms with van der Waals surface area (Å²) in [5.74, 6) is -0.366. The van der Waals surface area contributed by atoms with Gasteiger partial charge in [0.1, 0.15) is 29.5 Å². The first-order valence-electron chi connectivity index (χ1n) is 20.9. The van der Waals surface area contributed by atoms with E-state index < -0.39 is 21.6 Å². The minimum absolute atomic E-state index is 0.00348. The molecule has 2 N–H and O–H groups in total. The molecule has 0 bridgehead atoms. The Kier molecular flexibility index (Phi) is 12.6. The molecule has 15 heteroatoms. The topological polar surface area (TPSA) is 141 Å². The van der Waals surface area contributed by atoms with Crippen molar-refractivity contribution < 1.29 is 27.1 Å².